The van der Waals surface area contributed by atoms with Gasteiger partial charge >= 0.3 is 6.09 Å². The molecule has 0 bridgehead atoms. The Bertz CT molecular complexity index is 177. The van der Waals surface area contributed by atoms with Gasteiger partial charge in [-0.1, -0.05) is 0 Å². The van der Waals surface area contributed by atoms with E-state index in [4.69, 9.17) is 20.4 Å². The van der Waals surface area contributed by atoms with Crippen molar-refractivity contribution < 1.29 is 34.8 Å². The molecular formula is C7H15NO7. The first-order valence-electron chi connectivity index (χ1n) is 4.22. The quantitative estimate of drug-likeness (QED) is 0.299. The van der Waals surface area contributed by atoms with Crippen LogP contribution in [0.15, 0.2) is 0 Å². The Morgan fingerprint density at radius 1 is 1.13 bits per heavy atom. The molecule has 2 unspecified atom stereocenters. The van der Waals surface area contributed by atoms with Gasteiger partial charge < -0.3 is 25.2 Å². The Kier molecular flexibility index (Phi) is 7.86. The van der Waals surface area contributed by atoms with E-state index in [0.717, 1.165) is 0 Å². The van der Waals surface area contributed by atoms with E-state index < -0.39 is 31.5 Å². The van der Waals surface area contributed by atoms with Crippen molar-refractivity contribution in [1.29, 1.82) is 0 Å². The number of hydroxylamine groups is 1. The molecule has 0 fully saturated rings. The summed E-state index contributed by atoms with van der Waals surface area (Å²) in [6, 6.07) is 0. The number of rotatable bonds is 7. The molecule has 0 saturated carbocycles. The summed E-state index contributed by atoms with van der Waals surface area (Å²) in [5, 5.41) is 34.3. The highest BCUT2D eigenvalue weighted by Gasteiger charge is 2.08. The van der Waals surface area contributed by atoms with Crippen LogP contribution < -0.4 is 5.48 Å². The fraction of sp³-hybridized carbons (Fsp3) is 0.857. The topological polar surface area (TPSA) is 128 Å². The fourth-order valence-corrected chi connectivity index (χ4v) is 0.504. The molecule has 8 nitrogen and oxygen atoms in total. The van der Waals surface area contributed by atoms with Crippen molar-refractivity contribution in [2.45, 2.75) is 12.2 Å². The van der Waals surface area contributed by atoms with Crippen LogP contribution in [0.5, 0.6) is 0 Å². The van der Waals surface area contributed by atoms with Crippen molar-refractivity contribution >= 4 is 6.09 Å². The molecular weight excluding hydrogens is 210 g/mol. The Balaban J connectivity index is 3.41. The molecule has 90 valence electrons. The van der Waals surface area contributed by atoms with E-state index in [0.29, 0.717) is 0 Å². The standard InChI is InChI=1S/C7H15NO7/c9-1-5(11)3-14-7(13)8-15-4-6(12)2-10/h5-6,9-12H,1-4H2,(H,8,13). The Hall–Kier alpha value is -0.930. The van der Waals surface area contributed by atoms with E-state index >= 15 is 0 Å². The van der Waals surface area contributed by atoms with Gasteiger partial charge in [-0.05, 0) is 0 Å². The Morgan fingerprint density at radius 2 is 1.67 bits per heavy atom. The van der Waals surface area contributed by atoms with E-state index in [-0.39, 0.29) is 13.2 Å². The lowest BCUT2D eigenvalue weighted by molar-refractivity contribution is -0.0411. The summed E-state index contributed by atoms with van der Waals surface area (Å²) in [7, 11) is 0. The molecule has 5 N–H and O–H groups in total. The van der Waals surface area contributed by atoms with Crippen molar-refractivity contribution in [2.24, 2.45) is 0 Å². The van der Waals surface area contributed by atoms with Gasteiger partial charge in [-0.15, -0.1) is 0 Å². The van der Waals surface area contributed by atoms with E-state index in [1.54, 1.807) is 5.48 Å². The molecule has 0 spiro atoms. The Morgan fingerprint density at radius 3 is 2.20 bits per heavy atom. The van der Waals surface area contributed by atoms with Crippen LogP contribution in [0.4, 0.5) is 4.79 Å². The first-order chi connectivity index (χ1) is 7.10. The van der Waals surface area contributed by atoms with Crippen molar-refractivity contribution in [1.82, 2.24) is 5.48 Å². The van der Waals surface area contributed by atoms with E-state index in [1.807, 2.05) is 0 Å². The number of carbonyl (C=O) groups is 1. The molecule has 0 radical (unpaired) electrons. The number of aliphatic hydroxyl groups excluding tert-OH is 4. The minimum atomic E-state index is -1.14. The van der Waals surface area contributed by atoms with Gasteiger partial charge in [0.05, 0.1) is 13.2 Å². The second-order valence-corrected chi connectivity index (χ2v) is 2.68. The van der Waals surface area contributed by atoms with Crippen molar-refractivity contribution in [3.05, 3.63) is 0 Å². The summed E-state index contributed by atoms with van der Waals surface area (Å²) in [5.74, 6) is 0. The van der Waals surface area contributed by atoms with Gasteiger partial charge in [0.15, 0.2) is 0 Å². The lowest BCUT2D eigenvalue weighted by atomic mass is 10.4. The average Bonchev–Trinajstić information content (AvgIpc) is 2.25. The van der Waals surface area contributed by atoms with E-state index in [2.05, 4.69) is 9.57 Å². The summed E-state index contributed by atoms with van der Waals surface area (Å²) < 4.78 is 4.38. The largest absolute Gasteiger partial charge is 0.445 e. The molecule has 0 rings (SSSR count). The first kappa shape index (κ1) is 14.1. The summed E-state index contributed by atoms with van der Waals surface area (Å²) in [6.07, 6.45) is -3.19. The zero-order valence-electron chi connectivity index (χ0n) is 8.00. The zero-order chi connectivity index (χ0) is 11.7. The zero-order valence-corrected chi connectivity index (χ0v) is 8.00. The Labute approximate surface area is 86.0 Å². The maximum atomic E-state index is 10.7. The number of ether oxygens (including phenoxy) is 1. The van der Waals surface area contributed by atoms with Crippen molar-refractivity contribution in [3.8, 4) is 0 Å². The number of hydrogen-bond acceptors (Lipinski definition) is 7. The van der Waals surface area contributed by atoms with Gasteiger partial charge in [0.25, 0.3) is 0 Å². The lowest BCUT2D eigenvalue weighted by Crippen LogP contribution is -2.32. The second kappa shape index (κ2) is 8.38. The van der Waals surface area contributed by atoms with Crippen LogP contribution in [0.25, 0.3) is 0 Å². The summed E-state index contributed by atoms with van der Waals surface area (Å²) >= 11 is 0. The third kappa shape index (κ3) is 8.09. The van der Waals surface area contributed by atoms with Crippen molar-refractivity contribution in [2.75, 3.05) is 26.4 Å². The molecule has 8 heteroatoms. The summed E-state index contributed by atoms with van der Waals surface area (Å²) in [4.78, 5) is 15.2. The average molecular weight is 225 g/mol. The predicted molar refractivity (Wildman–Crippen MR) is 46.6 cm³/mol. The van der Waals surface area contributed by atoms with Crippen LogP contribution in [0, 0.1) is 0 Å². The molecule has 0 aromatic carbocycles. The molecule has 0 aliphatic carbocycles. The number of nitrogens with one attached hydrogen (secondary N) is 1. The first-order valence-corrected chi connectivity index (χ1v) is 4.22. The molecule has 0 aromatic heterocycles. The predicted octanol–water partition coefficient (Wildman–Crippen LogP) is -2.65. The maximum absolute atomic E-state index is 10.7. The van der Waals surface area contributed by atoms with Crippen LogP contribution >= 0.6 is 0 Å². The molecule has 0 aliphatic rings. The third-order valence-electron chi connectivity index (χ3n) is 1.26. The summed E-state index contributed by atoms with van der Waals surface area (Å²) in [6.45, 7) is -1.65. The molecule has 15 heavy (non-hydrogen) atoms. The molecule has 1 amide bonds. The number of amides is 1. The van der Waals surface area contributed by atoms with Gasteiger partial charge in [0, 0.05) is 0 Å². The minimum absolute atomic E-state index is 0.284. The number of aliphatic hydroxyl groups is 4. The highest BCUT2D eigenvalue weighted by atomic mass is 16.7. The van der Waals surface area contributed by atoms with Gasteiger partial charge in [0.2, 0.25) is 0 Å². The number of carbonyl (C=O) groups excluding carboxylic acids is 1. The van der Waals surface area contributed by atoms with Gasteiger partial charge in [-0.3, -0.25) is 4.84 Å². The van der Waals surface area contributed by atoms with Gasteiger partial charge in [-0.25, -0.2) is 4.79 Å². The molecule has 2 atom stereocenters. The summed E-state index contributed by atoms with van der Waals surface area (Å²) in [5.41, 5.74) is 1.80. The van der Waals surface area contributed by atoms with Gasteiger partial charge in [0.1, 0.15) is 25.4 Å². The third-order valence-corrected chi connectivity index (χ3v) is 1.26. The second-order valence-electron chi connectivity index (χ2n) is 2.68. The fourth-order valence-electron chi connectivity index (χ4n) is 0.504. The monoisotopic (exact) mass is 225 g/mol. The van der Waals surface area contributed by atoms with Crippen LogP contribution in [-0.4, -0.2) is 65.2 Å². The number of hydrogen-bond donors (Lipinski definition) is 5. The van der Waals surface area contributed by atoms with E-state index in [9.17, 15) is 4.79 Å². The maximum Gasteiger partial charge on any atom is 0.431 e. The SMILES string of the molecule is O=C(NOCC(O)CO)OCC(O)CO. The highest BCUT2D eigenvalue weighted by molar-refractivity contribution is 5.65. The molecule has 0 heterocycles. The van der Waals surface area contributed by atoms with Crippen LogP contribution in [0.1, 0.15) is 0 Å². The van der Waals surface area contributed by atoms with Crippen molar-refractivity contribution in [3.63, 3.8) is 0 Å². The van der Waals surface area contributed by atoms with Crippen LogP contribution in [0.3, 0.4) is 0 Å². The lowest BCUT2D eigenvalue weighted by Gasteiger charge is -2.10. The van der Waals surface area contributed by atoms with Crippen LogP contribution in [0.2, 0.25) is 0 Å². The smallest absolute Gasteiger partial charge is 0.431 e. The molecule has 0 aromatic rings. The molecule has 0 saturated heterocycles. The molecule has 0 aliphatic heterocycles. The van der Waals surface area contributed by atoms with Crippen LogP contribution in [-0.2, 0) is 9.57 Å². The van der Waals surface area contributed by atoms with E-state index in [1.165, 1.54) is 0 Å². The normalized spacial score (nSPS) is 14.4. The van der Waals surface area contributed by atoms with Gasteiger partial charge in [-0.2, -0.15) is 5.48 Å². The highest BCUT2D eigenvalue weighted by Crippen LogP contribution is 1.86. The minimum Gasteiger partial charge on any atom is -0.445 e.